The molecule has 5 heteroatoms. The number of carbonyl (C=O) groups excluding carboxylic acids is 1. The van der Waals surface area contributed by atoms with Gasteiger partial charge in [0, 0.05) is 12.1 Å². The van der Waals surface area contributed by atoms with E-state index in [1.54, 1.807) is 11.8 Å². The molecule has 17 heavy (non-hydrogen) atoms. The third-order valence-corrected chi connectivity index (χ3v) is 4.56. The van der Waals surface area contributed by atoms with Crippen LogP contribution in [0.5, 0.6) is 0 Å². The summed E-state index contributed by atoms with van der Waals surface area (Å²) in [5.74, 6) is 1.03. The van der Waals surface area contributed by atoms with Crippen LogP contribution in [0.4, 0.5) is 0 Å². The van der Waals surface area contributed by atoms with Crippen LogP contribution in [0.15, 0.2) is 0 Å². The molecular formula is C12H22N2O2S. The summed E-state index contributed by atoms with van der Waals surface area (Å²) >= 11 is 1.72. The van der Waals surface area contributed by atoms with E-state index < -0.39 is 0 Å². The lowest BCUT2D eigenvalue weighted by Crippen LogP contribution is -2.53. The topological polar surface area (TPSA) is 66.6 Å². The van der Waals surface area contributed by atoms with Gasteiger partial charge in [-0.3, -0.25) is 4.79 Å². The zero-order valence-electron chi connectivity index (χ0n) is 10.3. The number of carbonyl (C=O) groups is 1. The van der Waals surface area contributed by atoms with Gasteiger partial charge in [0.05, 0.1) is 12.1 Å². The Labute approximate surface area is 107 Å². The summed E-state index contributed by atoms with van der Waals surface area (Å²) in [5, 5.41) is 9.70. The van der Waals surface area contributed by atoms with Gasteiger partial charge in [0.15, 0.2) is 0 Å². The van der Waals surface area contributed by atoms with E-state index in [-0.39, 0.29) is 30.1 Å². The molecule has 0 aromatic carbocycles. The molecule has 1 amide bonds. The van der Waals surface area contributed by atoms with E-state index in [0.29, 0.717) is 0 Å². The summed E-state index contributed by atoms with van der Waals surface area (Å²) in [6.07, 6.45) is 6.08. The largest absolute Gasteiger partial charge is 0.393 e. The highest BCUT2D eigenvalue weighted by Gasteiger charge is 2.43. The zero-order valence-corrected chi connectivity index (χ0v) is 11.2. The van der Waals surface area contributed by atoms with Crippen molar-refractivity contribution in [2.45, 2.75) is 56.3 Å². The molecule has 2 bridgehead atoms. The summed E-state index contributed by atoms with van der Waals surface area (Å²) in [5.41, 5.74) is 5.95. The predicted molar refractivity (Wildman–Crippen MR) is 69.9 cm³/mol. The molecular weight excluding hydrogens is 236 g/mol. The molecule has 2 rings (SSSR count). The lowest BCUT2D eigenvalue weighted by molar-refractivity contribution is -0.138. The number of nitrogens with two attached hydrogens (primary N) is 1. The normalized spacial score (nSPS) is 33.8. The van der Waals surface area contributed by atoms with Crippen molar-refractivity contribution in [1.82, 2.24) is 4.90 Å². The second kappa shape index (κ2) is 5.59. The Morgan fingerprint density at radius 2 is 2.06 bits per heavy atom. The molecule has 2 fully saturated rings. The third-order valence-electron chi connectivity index (χ3n) is 3.91. The summed E-state index contributed by atoms with van der Waals surface area (Å²) in [4.78, 5) is 14.3. The number of rotatable bonds is 4. The average Bonchev–Trinajstić information content (AvgIpc) is 2.57. The molecule has 2 saturated heterocycles. The molecule has 2 heterocycles. The molecule has 2 unspecified atom stereocenters. The Bertz CT molecular complexity index is 274. The maximum atomic E-state index is 12.3. The van der Waals surface area contributed by atoms with Crippen molar-refractivity contribution < 1.29 is 9.90 Å². The Morgan fingerprint density at radius 3 is 2.59 bits per heavy atom. The summed E-state index contributed by atoms with van der Waals surface area (Å²) in [7, 11) is 0. The van der Waals surface area contributed by atoms with Crippen LogP contribution in [0.3, 0.4) is 0 Å². The molecule has 0 aliphatic carbocycles. The lowest BCUT2D eigenvalue weighted by atomic mass is 9.98. The standard InChI is InChI=1S/C12H22N2O2S/c1-17-5-4-11(13)12(16)14-8-2-3-9(14)7-10(15)6-8/h8-11,15H,2-7,13H2,1H3/t8?,9?,10?,11-/m1/s1. The minimum absolute atomic E-state index is 0.0958. The second-order valence-electron chi connectivity index (χ2n) is 5.14. The molecule has 2 aliphatic heterocycles. The van der Waals surface area contributed by atoms with Crippen LogP contribution in [0.25, 0.3) is 0 Å². The van der Waals surface area contributed by atoms with Crippen molar-refractivity contribution >= 4 is 17.7 Å². The highest BCUT2D eigenvalue weighted by atomic mass is 32.2. The second-order valence-corrected chi connectivity index (χ2v) is 6.13. The number of hydrogen-bond acceptors (Lipinski definition) is 4. The minimum Gasteiger partial charge on any atom is -0.393 e. The summed E-state index contributed by atoms with van der Waals surface area (Å²) < 4.78 is 0. The first-order valence-corrected chi connectivity index (χ1v) is 7.77. The maximum Gasteiger partial charge on any atom is 0.240 e. The number of thioether (sulfide) groups is 1. The van der Waals surface area contributed by atoms with E-state index in [4.69, 9.17) is 5.73 Å². The predicted octanol–water partition coefficient (Wildman–Crippen LogP) is 0.581. The van der Waals surface area contributed by atoms with Crippen molar-refractivity contribution in [3.63, 3.8) is 0 Å². The van der Waals surface area contributed by atoms with Gasteiger partial charge in [-0.2, -0.15) is 11.8 Å². The molecule has 0 aromatic rings. The summed E-state index contributed by atoms with van der Waals surface area (Å²) in [6.45, 7) is 0. The number of aliphatic hydroxyl groups excluding tert-OH is 1. The fourth-order valence-electron chi connectivity index (χ4n) is 3.07. The fraction of sp³-hybridized carbons (Fsp3) is 0.917. The first-order chi connectivity index (χ1) is 8.13. The van der Waals surface area contributed by atoms with Crippen molar-refractivity contribution in [3.8, 4) is 0 Å². The van der Waals surface area contributed by atoms with Crippen molar-refractivity contribution in [2.24, 2.45) is 5.73 Å². The van der Waals surface area contributed by atoms with E-state index in [2.05, 4.69) is 0 Å². The van der Waals surface area contributed by atoms with Gasteiger partial charge in [0.2, 0.25) is 5.91 Å². The van der Waals surface area contributed by atoms with Crippen molar-refractivity contribution in [3.05, 3.63) is 0 Å². The minimum atomic E-state index is -0.360. The first-order valence-electron chi connectivity index (χ1n) is 6.38. The third kappa shape index (κ3) is 2.77. The van der Waals surface area contributed by atoms with E-state index in [9.17, 15) is 9.90 Å². The first kappa shape index (κ1) is 13.2. The van der Waals surface area contributed by atoms with Crippen LogP contribution in [0.2, 0.25) is 0 Å². The van der Waals surface area contributed by atoms with Gasteiger partial charge in [-0.1, -0.05) is 0 Å². The van der Waals surface area contributed by atoms with Crippen LogP contribution in [0, 0.1) is 0 Å². The Balaban J connectivity index is 1.96. The molecule has 4 nitrogen and oxygen atoms in total. The lowest BCUT2D eigenvalue weighted by Gasteiger charge is -2.38. The summed E-state index contributed by atoms with van der Waals surface area (Å²) in [6, 6.07) is 0.106. The van der Waals surface area contributed by atoms with Crippen molar-refractivity contribution in [2.75, 3.05) is 12.0 Å². The van der Waals surface area contributed by atoms with E-state index in [1.165, 1.54) is 0 Å². The smallest absolute Gasteiger partial charge is 0.240 e. The molecule has 0 aromatic heterocycles. The molecule has 0 radical (unpaired) electrons. The van der Waals surface area contributed by atoms with Gasteiger partial charge in [-0.05, 0) is 44.1 Å². The number of hydrogen-bond donors (Lipinski definition) is 2. The monoisotopic (exact) mass is 258 g/mol. The van der Waals surface area contributed by atoms with Gasteiger partial charge in [-0.15, -0.1) is 0 Å². The fourth-order valence-corrected chi connectivity index (χ4v) is 3.56. The highest BCUT2D eigenvalue weighted by molar-refractivity contribution is 7.98. The van der Waals surface area contributed by atoms with Gasteiger partial charge in [0.1, 0.15) is 0 Å². The van der Waals surface area contributed by atoms with E-state index in [0.717, 1.165) is 37.9 Å². The van der Waals surface area contributed by atoms with Crippen LogP contribution >= 0.6 is 11.8 Å². The molecule has 0 saturated carbocycles. The van der Waals surface area contributed by atoms with Crippen LogP contribution in [0.1, 0.15) is 32.1 Å². The van der Waals surface area contributed by atoms with Crippen LogP contribution in [-0.2, 0) is 4.79 Å². The highest BCUT2D eigenvalue weighted by Crippen LogP contribution is 2.36. The zero-order chi connectivity index (χ0) is 12.4. The number of amides is 1. The molecule has 2 aliphatic rings. The Hall–Kier alpha value is -0.260. The van der Waals surface area contributed by atoms with E-state index in [1.807, 2.05) is 11.2 Å². The Morgan fingerprint density at radius 1 is 1.47 bits per heavy atom. The maximum absolute atomic E-state index is 12.3. The number of piperidine rings is 1. The molecule has 0 spiro atoms. The Kier molecular flexibility index (Phi) is 4.33. The molecule has 98 valence electrons. The van der Waals surface area contributed by atoms with Crippen LogP contribution < -0.4 is 5.73 Å². The van der Waals surface area contributed by atoms with Gasteiger partial charge < -0.3 is 15.7 Å². The van der Waals surface area contributed by atoms with Crippen molar-refractivity contribution in [1.29, 1.82) is 0 Å². The number of fused-ring (bicyclic) bond motifs is 2. The average molecular weight is 258 g/mol. The van der Waals surface area contributed by atoms with Gasteiger partial charge in [0.25, 0.3) is 0 Å². The van der Waals surface area contributed by atoms with Crippen LogP contribution in [-0.4, -0.2) is 52.2 Å². The van der Waals surface area contributed by atoms with E-state index >= 15 is 0 Å². The quantitative estimate of drug-likeness (QED) is 0.774. The molecule has 3 atom stereocenters. The molecule has 3 N–H and O–H groups in total. The van der Waals surface area contributed by atoms with Gasteiger partial charge >= 0.3 is 0 Å². The number of nitrogens with zero attached hydrogens (tertiary/aromatic N) is 1. The number of aliphatic hydroxyl groups is 1. The SMILES string of the molecule is CSCC[C@@H](N)C(=O)N1C2CCC1CC(O)C2. The van der Waals surface area contributed by atoms with Gasteiger partial charge in [-0.25, -0.2) is 0 Å².